The van der Waals surface area contributed by atoms with Crippen molar-refractivity contribution >= 4 is 17.9 Å². The SMILES string of the molecule is CCCCCNC(=O)C(c1ccc(C)c(C)c1)N(CCO)C(=O)C(Cc1ccccc1)NC(=O)OC(C)(C)C. The lowest BCUT2D eigenvalue weighted by atomic mass is 9.97. The fraction of sp³-hybridized carbons (Fsp3) is 0.516. The van der Waals surface area contributed by atoms with Crippen LogP contribution in [0, 0.1) is 13.8 Å². The number of nitrogens with one attached hydrogen (secondary N) is 2. The maximum absolute atomic E-state index is 14.2. The van der Waals surface area contributed by atoms with Crippen LogP contribution in [0.1, 0.15) is 75.3 Å². The molecule has 2 aromatic carbocycles. The molecule has 0 fully saturated rings. The highest BCUT2D eigenvalue weighted by Crippen LogP contribution is 2.25. The predicted octanol–water partition coefficient (Wildman–Crippen LogP) is 4.61. The number of ether oxygens (including phenoxy) is 1. The molecule has 0 aliphatic heterocycles. The summed E-state index contributed by atoms with van der Waals surface area (Å²) >= 11 is 0. The zero-order valence-electron chi connectivity index (χ0n) is 24.3. The molecule has 39 heavy (non-hydrogen) atoms. The number of benzene rings is 2. The summed E-state index contributed by atoms with van der Waals surface area (Å²) in [6.45, 7) is 11.3. The smallest absolute Gasteiger partial charge is 0.408 e. The average molecular weight is 540 g/mol. The Morgan fingerprint density at radius 1 is 1.00 bits per heavy atom. The molecule has 2 atom stereocenters. The number of carbonyl (C=O) groups is 3. The zero-order valence-corrected chi connectivity index (χ0v) is 24.3. The van der Waals surface area contributed by atoms with Gasteiger partial charge in [-0.25, -0.2) is 4.79 Å². The minimum atomic E-state index is -1.02. The van der Waals surface area contributed by atoms with Gasteiger partial charge in [0, 0.05) is 19.5 Å². The number of unbranched alkanes of at least 4 members (excludes halogenated alkanes) is 2. The number of hydrogen-bond acceptors (Lipinski definition) is 5. The van der Waals surface area contributed by atoms with Gasteiger partial charge in [-0.15, -0.1) is 0 Å². The molecule has 0 spiro atoms. The number of aryl methyl sites for hydroxylation is 2. The first-order valence-corrected chi connectivity index (χ1v) is 13.8. The van der Waals surface area contributed by atoms with Gasteiger partial charge in [-0.1, -0.05) is 68.3 Å². The van der Waals surface area contributed by atoms with E-state index in [0.29, 0.717) is 12.1 Å². The molecule has 0 aliphatic carbocycles. The summed E-state index contributed by atoms with van der Waals surface area (Å²) in [7, 11) is 0. The topological polar surface area (TPSA) is 108 Å². The maximum Gasteiger partial charge on any atom is 0.408 e. The highest BCUT2D eigenvalue weighted by Gasteiger charge is 2.36. The van der Waals surface area contributed by atoms with Crippen molar-refractivity contribution in [3.63, 3.8) is 0 Å². The van der Waals surface area contributed by atoms with Crippen LogP contribution in [0.5, 0.6) is 0 Å². The first-order chi connectivity index (χ1) is 18.5. The Kier molecular flexibility index (Phi) is 12.5. The van der Waals surface area contributed by atoms with Crippen LogP contribution in [0.3, 0.4) is 0 Å². The van der Waals surface area contributed by atoms with E-state index in [1.807, 2.05) is 62.4 Å². The third-order valence-electron chi connectivity index (χ3n) is 6.38. The molecule has 0 bridgehead atoms. The van der Waals surface area contributed by atoms with E-state index in [1.165, 1.54) is 4.90 Å². The van der Waals surface area contributed by atoms with Gasteiger partial charge in [-0.2, -0.15) is 0 Å². The number of nitrogens with zero attached hydrogens (tertiary/aromatic N) is 1. The van der Waals surface area contributed by atoms with E-state index in [-0.39, 0.29) is 25.5 Å². The molecule has 0 heterocycles. The molecule has 8 heteroatoms. The van der Waals surface area contributed by atoms with Gasteiger partial charge in [0.25, 0.3) is 0 Å². The van der Waals surface area contributed by atoms with Gasteiger partial charge < -0.3 is 25.4 Å². The van der Waals surface area contributed by atoms with E-state index in [0.717, 1.165) is 36.0 Å². The highest BCUT2D eigenvalue weighted by atomic mass is 16.6. The number of carbonyl (C=O) groups excluding carboxylic acids is 3. The number of rotatable bonds is 13. The molecule has 8 nitrogen and oxygen atoms in total. The summed E-state index contributed by atoms with van der Waals surface area (Å²) in [5.41, 5.74) is 2.77. The largest absolute Gasteiger partial charge is 0.444 e. The van der Waals surface area contributed by atoms with Crippen LogP contribution in [-0.4, -0.2) is 59.3 Å². The Balaban J connectivity index is 2.49. The Bertz CT molecular complexity index is 1080. The summed E-state index contributed by atoms with van der Waals surface area (Å²) in [6, 6.07) is 13.0. The van der Waals surface area contributed by atoms with Gasteiger partial charge in [0.05, 0.1) is 6.61 Å². The number of alkyl carbamates (subject to hydrolysis) is 1. The second-order valence-electron chi connectivity index (χ2n) is 10.9. The Morgan fingerprint density at radius 2 is 1.69 bits per heavy atom. The molecule has 2 unspecified atom stereocenters. The molecule has 0 saturated heterocycles. The van der Waals surface area contributed by atoms with Crippen molar-refractivity contribution in [1.29, 1.82) is 0 Å². The summed E-state index contributed by atoms with van der Waals surface area (Å²) in [5, 5.41) is 15.7. The van der Waals surface area contributed by atoms with Gasteiger partial charge in [0.15, 0.2) is 0 Å². The van der Waals surface area contributed by atoms with Crippen LogP contribution in [0.15, 0.2) is 48.5 Å². The van der Waals surface area contributed by atoms with Crippen molar-refractivity contribution in [2.45, 2.75) is 84.9 Å². The van der Waals surface area contributed by atoms with E-state index in [1.54, 1.807) is 20.8 Å². The van der Waals surface area contributed by atoms with Crippen LogP contribution in [0.4, 0.5) is 4.79 Å². The third kappa shape index (κ3) is 10.4. The van der Waals surface area contributed by atoms with Crippen molar-refractivity contribution < 1.29 is 24.2 Å². The molecule has 0 radical (unpaired) electrons. The van der Waals surface area contributed by atoms with Crippen molar-refractivity contribution in [2.24, 2.45) is 0 Å². The first-order valence-electron chi connectivity index (χ1n) is 13.8. The van der Waals surface area contributed by atoms with Crippen LogP contribution in [0.2, 0.25) is 0 Å². The molecule has 2 aromatic rings. The monoisotopic (exact) mass is 539 g/mol. The van der Waals surface area contributed by atoms with Gasteiger partial charge in [-0.3, -0.25) is 9.59 Å². The second-order valence-corrected chi connectivity index (χ2v) is 10.9. The van der Waals surface area contributed by atoms with E-state index in [4.69, 9.17) is 4.74 Å². The fourth-order valence-corrected chi connectivity index (χ4v) is 4.26. The van der Waals surface area contributed by atoms with Crippen LogP contribution in [0.25, 0.3) is 0 Å². The normalized spacial score (nSPS) is 12.8. The Morgan fingerprint density at radius 3 is 2.28 bits per heavy atom. The summed E-state index contributed by atoms with van der Waals surface area (Å²) in [4.78, 5) is 41.9. The quantitative estimate of drug-likeness (QED) is 0.322. The van der Waals surface area contributed by atoms with Crippen LogP contribution >= 0.6 is 0 Å². The number of hydrogen-bond donors (Lipinski definition) is 3. The first kappa shape index (κ1) is 31.8. The van der Waals surface area contributed by atoms with Crippen molar-refractivity contribution in [1.82, 2.24) is 15.5 Å². The fourth-order valence-electron chi connectivity index (χ4n) is 4.26. The van der Waals surface area contributed by atoms with E-state index in [9.17, 15) is 19.5 Å². The van der Waals surface area contributed by atoms with E-state index in [2.05, 4.69) is 17.6 Å². The third-order valence-corrected chi connectivity index (χ3v) is 6.38. The van der Waals surface area contributed by atoms with Crippen molar-refractivity contribution in [3.05, 3.63) is 70.8 Å². The zero-order chi connectivity index (χ0) is 29.0. The second kappa shape index (κ2) is 15.3. The molecular weight excluding hydrogens is 494 g/mol. The lowest BCUT2D eigenvalue weighted by Gasteiger charge is -2.34. The highest BCUT2D eigenvalue weighted by molar-refractivity contribution is 5.92. The summed E-state index contributed by atoms with van der Waals surface area (Å²) < 4.78 is 5.44. The van der Waals surface area contributed by atoms with E-state index < -0.39 is 29.7 Å². The minimum absolute atomic E-state index is 0.0832. The summed E-state index contributed by atoms with van der Waals surface area (Å²) in [5.74, 6) is -0.808. The number of aliphatic hydroxyl groups excluding tert-OH is 1. The lowest BCUT2D eigenvalue weighted by Crippen LogP contribution is -2.54. The number of amides is 3. The van der Waals surface area contributed by atoms with Crippen molar-refractivity contribution in [2.75, 3.05) is 19.7 Å². The molecule has 3 N–H and O–H groups in total. The molecule has 3 amide bonds. The lowest BCUT2D eigenvalue weighted by molar-refractivity contribution is -0.143. The summed E-state index contributed by atoms with van der Waals surface area (Å²) in [6.07, 6.45) is 2.29. The minimum Gasteiger partial charge on any atom is -0.444 e. The number of aliphatic hydroxyl groups is 1. The molecule has 0 aromatic heterocycles. The van der Waals surface area contributed by atoms with Crippen molar-refractivity contribution in [3.8, 4) is 0 Å². The molecular formula is C31H45N3O5. The predicted molar refractivity (Wildman–Crippen MR) is 153 cm³/mol. The molecule has 0 aliphatic rings. The maximum atomic E-state index is 14.2. The molecule has 214 valence electrons. The molecule has 0 saturated carbocycles. The van der Waals surface area contributed by atoms with Gasteiger partial charge in [-0.05, 0) is 63.3 Å². The standard InChI is InChI=1S/C31H45N3O5/c1-7-8-12-17-32-28(36)27(25-16-15-22(2)23(3)20-25)34(18-19-35)29(37)26(21-24-13-10-9-11-14-24)33-30(38)39-31(4,5)6/h9-11,13-16,20,26-27,35H,7-8,12,17-19,21H2,1-6H3,(H,32,36)(H,33,38). The van der Waals surface area contributed by atoms with Crippen LogP contribution < -0.4 is 10.6 Å². The van der Waals surface area contributed by atoms with Gasteiger partial charge >= 0.3 is 6.09 Å². The Hall–Kier alpha value is -3.39. The molecule has 2 rings (SSSR count). The van der Waals surface area contributed by atoms with Gasteiger partial charge in [0.2, 0.25) is 11.8 Å². The van der Waals surface area contributed by atoms with E-state index >= 15 is 0 Å². The van der Waals surface area contributed by atoms with Crippen LogP contribution in [-0.2, 0) is 20.7 Å². The van der Waals surface area contributed by atoms with Gasteiger partial charge in [0.1, 0.15) is 17.7 Å². The Labute approximate surface area is 233 Å². The average Bonchev–Trinajstić information content (AvgIpc) is 2.87.